The Morgan fingerprint density at radius 2 is 2.10 bits per heavy atom. The molecule has 0 aromatic carbocycles. The number of nitrogens with zero attached hydrogens (tertiary/aromatic N) is 4. The predicted octanol–water partition coefficient (Wildman–Crippen LogP) is 0.0442. The molecule has 2 heterocycles. The van der Waals surface area contributed by atoms with Crippen LogP contribution in [0.2, 0.25) is 0 Å². The number of hydrogen-bond donors (Lipinski definition) is 1. The Kier molecular flexibility index (Phi) is 5.14. The quantitative estimate of drug-likeness (QED) is 0.827. The lowest BCUT2D eigenvalue weighted by Gasteiger charge is -2.33. The molecule has 1 aliphatic rings. The number of likely N-dealkylation sites (tertiary alicyclic amines) is 1. The first kappa shape index (κ1) is 15.0. The van der Waals surface area contributed by atoms with Gasteiger partial charge in [0.25, 0.3) is 0 Å². The van der Waals surface area contributed by atoms with E-state index in [2.05, 4.69) is 10.00 Å². The van der Waals surface area contributed by atoms with Crippen molar-refractivity contribution < 1.29 is 9.90 Å². The molecule has 0 saturated carbocycles. The Hall–Kier alpha value is -1.40. The van der Waals surface area contributed by atoms with Crippen molar-refractivity contribution in [2.75, 3.05) is 33.7 Å². The number of piperidine rings is 1. The minimum Gasteiger partial charge on any atom is -0.390 e. The summed E-state index contributed by atoms with van der Waals surface area (Å²) >= 11 is 0. The van der Waals surface area contributed by atoms with Gasteiger partial charge in [-0.1, -0.05) is 0 Å². The summed E-state index contributed by atoms with van der Waals surface area (Å²) < 4.78 is 1.74. The lowest BCUT2D eigenvalue weighted by atomic mass is 9.95. The van der Waals surface area contributed by atoms with Gasteiger partial charge in [-0.15, -0.1) is 0 Å². The van der Waals surface area contributed by atoms with E-state index in [0.717, 1.165) is 25.9 Å². The largest absolute Gasteiger partial charge is 0.390 e. The maximum absolute atomic E-state index is 11.9. The van der Waals surface area contributed by atoms with Gasteiger partial charge in [-0.2, -0.15) is 5.10 Å². The van der Waals surface area contributed by atoms with Crippen molar-refractivity contribution in [3.8, 4) is 0 Å². The number of aromatic nitrogens is 2. The predicted molar refractivity (Wildman–Crippen MR) is 76.1 cm³/mol. The van der Waals surface area contributed by atoms with Crippen LogP contribution in [0.4, 0.5) is 0 Å². The van der Waals surface area contributed by atoms with Crippen LogP contribution in [0.5, 0.6) is 0 Å². The van der Waals surface area contributed by atoms with Crippen LogP contribution < -0.4 is 0 Å². The highest BCUT2D eigenvalue weighted by molar-refractivity contribution is 5.78. The molecule has 1 atom stereocenters. The van der Waals surface area contributed by atoms with Crippen molar-refractivity contribution in [3.05, 3.63) is 18.5 Å². The third-order valence-electron chi connectivity index (χ3n) is 3.80. The van der Waals surface area contributed by atoms with Crippen LogP contribution in [0.25, 0.3) is 0 Å². The first-order valence-corrected chi connectivity index (χ1v) is 7.15. The summed E-state index contributed by atoms with van der Waals surface area (Å²) in [6.07, 6.45) is 4.91. The van der Waals surface area contributed by atoms with Gasteiger partial charge >= 0.3 is 0 Å². The highest BCUT2D eigenvalue weighted by Gasteiger charge is 2.26. The molecule has 2 rings (SSSR count). The number of carbonyl (C=O) groups is 1. The number of amides is 1. The van der Waals surface area contributed by atoms with Crippen LogP contribution in [0, 0.1) is 5.92 Å². The summed E-state index contributed by atoms with van der Waals surface area (Å²) in [5, 5.41) is 14.2. The fraction of sp³-hybridized carbons (Fsp3) is 0.714. The maximum Gasteiger partial charge on any atom is 0.225 e. The van der Waals surface area contributed by atoms with E-state index in [9.17, 15) is 9.90 Å². The highest BCUT2D eigenvalue weighted by atomic mass is 16.3. The zero-order valence-corrected chi connectivity index (χ0v) is 12.3. The van der Waals surface area contributed by atoms with Crippen molar-refractivity contribution >= 4 is 5.91 Å². The van der Waals surface area contributed by atoms with Gasteiger partial charge in [0, 0.05) is 39.0 Å². The van der Waals surface area contributed by atoms with Gasteiger partial charge < -0.3 is 14.9 Å². The van der Waals surface area contributed by atoms with E-state index in [0.29, 0.717) is 13.1 Å². The van der Waals surface area contributed by atoms with Gasteiger partial charge in [0.05, 0.1) is 12.6 Å². The second kappa shape index (κ2) is 6.85. The molecule has 0 aliphatic carbocycles. The van der Waals surface area contributed by atoms with Crippen LogP contribution in [0.3, 0.4) is 0 Å². The number of carbonyl (C=O) groups excluding carboxylic acids is 1. The molecule has 1 amide bonds. The molecule has 0 spiro atoms. The monoisotopic (exact) mass is 280 g/mol. The van der Waals surface area contributed by atoms with Crippen LogP contribution in [0.1, 0.15) is 12.8 Å². The normalized spacial score (nSPS) is 18.9. The lowest BCUT2D eigenvalue weighted by molar-refractivity contribution is -0.134. The molecule has 0 bridgehead atoms. The Morgan fingerprint density at radius 1 is 1.40 bits per heavy atom. The van der Waals surface area contributed by atoms with Crippen LogP contribution >= 0.6 is 0 Å². The molecule has 6 nitrogen and oxygen atoms in total. The van der Waals surface area contributed by atoms with E-state index in [1.807, 2.05) is 26.4 Å². The van der Waals surface area contributed by atoms with Crippen molar-refractivity contribution in [2.24, 2.45) is 5.92 Å². The zero-order valence-electron chi connectivity index (χ0n) is 12.3. The molecule has 1 unspecified atom stereocenters. The molecule has 1 aliphatic heterocycles. The molecule has 1 aromatic rings. The SMILES string of the molecule is CN(C)C(=O)C1CCN(CC(O)Cn2cccn2)CC1. The second-order valence-electron chi connectivity index (χ2n) is 5.69. The summed E-state index contributed by atoms with van der Waals surface area (Å²) in [7, 11) is 3.62. The molecule has 1 N–H and O–H groups in total. The van der Waals surface area contributed by atoms with Gasteiger partial charge in [-0.3, -0.25) is 9.48 Å². The molecule has 1 saturated heterocycles. The standard InChI is InChI=1S/C14H24N4O2/c1-16(2)14(20)12-4-8-17(9-5-12)10-13(19)11-18-7-3-6-15-18/h3,6-7,12-13,19H,4-5,8-11H2,1-2H3. The van der Waals surface area contributed by atoms with E-state index in [1.165, 1.54) is 0 Å². The van der Waals surface area contributed by atoms with Gasteiger partial charge in [0.15, 0.2) is 0 Å². The Bertz CT molecular complexity index is 411. The van der Waals surface area contributed by atoms with Crippen LogP contribution in [0.15, 0.2) is 18.5 Å². The molecule has 6 heteroatoms. The van der Waals surface area contributed by atoms with Crippen LogP contribution in [-0.4, -0.2) is 70.4 Å². The van der Waals surface area contributed by atoms with Crippen molar-refractivity contribution in [2.45, 2.75) is 25.5 Å². The van der Waals surface area contributed by atoms with Gasteiger partial charge in [-0.05, 0) is 32.0 Å². The molecule has 112 valence electrons. The molecule has 1 fully saturated rings. The third kappa shape index (κ3) is 4.05. The fourth-order valence-electron chi connectivity index (χ4n) is 2.71. The van der Waals surface area contributed by atoms with E-state index < -0.39 is 6.10 Å². The minimum absolute atomic E-state index is 0.143. The molecular weight excluding hydrogens is 256 g/mol. The molecular formula is C14H24N4O2. The van der Waals surface area contributed by atoms with Crippen molar-refractivity contribution in [3.63, 3.8) is 0 Å². The summed E-state index contributed by atoms with van der Waals surface area (Å²) in [5.41, 5.74) is 0. The number of β-amino-alcohol motifs (C(OH)–C–C–N with tert-alkyl or cyclic N) is 1. The van der Waals surface area contributed by atoms with Crippen LogP contribution in [-0.2, 0) is 11.3 Å². The summed E-state index contributed by atoms with van der Waals surface area (Å²) in [5.74, 6) is 0.367. The number of rotatable bonds is 5. The van der Waals surface area contributed by atoms with Crippen molar-refractivity contribution in [1.29, 1.82) is 0 Å². The fourth-order valence-corrected chi connectivity index (χ4v) is 2.71. The number of aliphatic hydroxyl groups is 1. The van der Waals surface area contributed by atoms with E-state index in [-0.39, 0.29) is 11.8 Å². The highest BCUT2D eigenvalue weighted by Crippen LogP contribution is 2.19. The first-order chi connectivity index (χ1) is 9.56. The molecule has 20 heavy (non-hydrogen) atoms. The smallest absolute Gasteiger partial charge is 0.225 e. The number of aliphatic hydroxyl groups excluding tert-OH is 1. The number of hydrogen-bond acceptors (Lipinski definition) is 4. The van der Waals surface area contributed by atoms with Gasteiger partial charge in [-0.25, -0.2) is 0 Å². The summed E-state index contributed by atoms with van der Waals surface area (Å²) in [4.78, 5) is 15.8. The Morgan fingerprint density at radius 3 is 2.65 bits per heavy atom. The third-order valence-corrected chi connectivity index (χ3v) is 3.80. The summed E-state index contributed by atoms with van der Waals surface area (Å²) in [6, 6.07) is 1.85. The van der Waals surface area contributed by atoms with E-state index in [1.54, 1.807) is 15.8 Å². The van der Waals surface area contributed by atoms with Crippen molar-refractivity contribution in [1.82, 2.24) is 19.6 Å². The first-order valence-electron chi connectivity index (χ1n) is 7.15. The second-order valence-corrected chi connectivity index (χ2v) is 5.69. The maximum atomic E-state index is 11.9. The average Bonchev–Trinajstić information content (AvgIpc) is 2.91. The van der Waals surface area contributed by atoms with E-state index >= 15 is 0 Å². The summed E-state index contributed by atoms with van der Waals surface area (Å²) in [6.45, 7) is 2.91. The van der Waals surface area contributed by atoms with E-state index in [4.69, 9.17) is 0 Å². The topological polar surface area (TPSA) is 61.6 Å². The minimum atomic E-state index is -0.420. The average molecular weight is 280 g/mol. The molecule has 1 aromatic heterocycles. The Balaban J connectivity index is 1.72. The lowest BCUT2D eigenvalue weighted by Crippen LogP contribution is -2.43. The molecule has 0 radical (unpaired) electrons. The van der Waals surface area contributed by atoms with Gasteiger partial charge in [0.1, 0.15) is 0 Å². The Labute approximate surface area is 120 Å². The zero-order chi connectivity index (χ0) is 14.5. The van der Waals surface area contributed by atoms with Gasteiger partial charge in [0.2, 0.25) is 5.91 Å².